The van der Waals surface area contributed by atoms with Gasteiger partial charge in [-0.25, -0.2) is 4.39 Å². The zero-order valence-electron chi connectivity index (χ0n) is 11.5. The molecule has 2 aromatic rings. The lowest BCUT2D eigenvalue weighted by Gasteiger charge is -2.12. The lowest BCUT2D eigenvalue weighted by atomic mass is 10.1. The summed E-state index contributed by atoms with van der Waals surface area (Å²) < 4.78 is 16.0. The first-order chi connectivity index (χ1) is 9.02. The molecule has 0 bridgehead atoms. The summed E-state index contributed by atoms with van der Waals surface area (Å²) in [4.78, 5) is 0. The van der Waals surface area contributed by atoms with Gasteiger partial charge >= 0.3 is 0 Å². The highest BCUT2D eigenvalue weighted by atomic mass is 79.9. The molecule has 0 spiro atoms. The van der Waals surface area contributed by atoms with Crippen molar-refractivity contribution in [3.8, 4) is 11.3 Å². The van der Waals surface area contributed by atoms with E-state index in [2.05, 4.69) is 34.9 Å². The second-order valence-corrected chi connectivity index (χ2v) is 5.74. The number of hydrogen-bond donors (Lipinski definition) is 0. The van der Waals surface area contributed by atoms with E-state index in [1.54, 1.807) is 12.1 Å². The molecule has 4 heteroatoms. The molecule has 1 heterocycles. The van der Waals surface area contributed by atoms with E-state index >= 15 is 0 Å². The topological polar surface area (TPSA) is 17.8 Å². The van der Waals surface area contributed by atoms with Crippen molar-refractivity contribution in [1.29, 1.82) is 0 Å². The maximum Gasteiger partial charge on any atom is 0.123 e. The predicted octanol–water partition coefficient (Wildman–Crippen LogP) is 4.81. The lowest BCUT2D eigenvalue weighted by Crippen LogP contribution is -2.09. The number of halogens is 2. The molecular formula is C15H18BrFN2. The normalized spacial score (nSPS) is 12.7. The molecule has 0 saturated heterocycles. The van der Waals surface area contributed by atoms with Gasteiger partial charge in [0.2, 0.25) is 0 Å². The molecule has 1 atom stereocenters. The van der Waals surface area contributed by atoms with Gasteiger partial charge in [-0.15, -0.1) is 0 Å². The van der Waals surface area contributed by atoms with Gasteiger partial charge in [0.05, 0.1) is 15.9 Å². The van der Waals surface area contributed by atoms with Gasteiger partial charge in [0, 0.05) is 12.1 Å². The summed E-state index contributed by atoms with van der Waals surface area (Å²) in [7, 11) is 0. The third kappa shape index (κ3) is 3.06. The Kier molecular flexibility index (Phi) is 4.40. The molecule has 1 unspecified atom stereocenters. The minimum atomic E-state index is -0.218. The summed E-state index contributed by atoms with van der Waals surface area (Å²) in [6.45, 7) is 7.23. The lowest BCUT2D eigenvalue weighted by molar-refractivity contribution is 0.441. The molecule has 1 aromatic carbocycles. The van der Waals surface area contributed by atoms with Gasteiger partial charge in [-0.2, -0.15) is 5.10 Å². The Labute approximate surface area is 121 Å². The standard InChI is InChI=1S/C15H18BrFN2/c1-4-10(2)9-19-15(14(16)11(3)18-19)12-5-7-13(17)8-6-12/h5-8,10H,4,9H2,1-3H3. The molecule has 0 aliphatic heterocycles. The summed E-state index contributed by atoms with van der Waals surface area (Å²) in [6.07, 6.45) is 1.11. The summed E-state index contributed by atoms with van der Waals surface area (Å²) in [6, 6.07) is 6.56. The Balaban J connectivity index is 2.45. The van der Waals surface area contributed by atoms with Gasteiger partial charge in [-0.3, -0.25) is 4.68 Å². The number of nitrogens with zero attached hydrogens (tertiary/aromatic N) is 2. The molecule has 1 aromatic heterocycles. The predicted molar refractivity (Wildman–Crippen MR) is 79.5 cm³/mol. The van der Waals surface area contributed by atoms with Crippen LogP contribution in [0.25, 0.3) is 11.3 Å². The number of aryl methyl sites for hydroxylation is 1. The van der Waals surface area contributed by atoms with Crippen molar-refractivity contribution < 1.29 is 4.39 Å². The number of rotatable bonds is 4. The molecule has 0 N–H and O–H groups in total. The van der Waals surface area contributed by atoms with Gasteiger partial charge in [0.1, 0.15) is 5.82 Å². The summed E-state index contributed by atoms with van der Waals surface area (Å²) in [5.41, 5.74) is 2.97. The smallest absolute Gasteiger partial charge is 0.123 e. The first kappa shape index (κ1) is 14.3. The quantitative estimate of drug-likeness (QED) is 0.789. The number of hydrogen-bond acceptors (Lipinski definition) is 1. The van der Waals surface area contributed by atoms with Gasteiger partial charge in [0.15, 0.2) is 0 Å². The summed E-state index contributed by atoms with van der Waals surface area (Å²) in [5, 5.41) is 4.57. The number of aromatic nitrogens is 2. The molecule has 102 valence electrons. The highest BCUT2D eigenvalue weighted by Crippen LogP contribution is 2.31. The second-order valence-electron chi connectivity index (χ2n) is 4.95. The fourth-order valence-corrected chi connectivity index (χ4v) is 2.51. The van der Waals surface area contributed by atoms with Crippen molar-refractivity contribution >= 4 is 15.9 Å². The minimum absolute atomic E-state index is 0.218. The molecule has 2 nitrogen and oxygen atoms in total. The third-order valence-electron chi connectivity index (χ3n) is 3.35. The van der Waals surface area contributed by atoms with Crippen LogP contribution >= 0.6 is 15.9 Å². The van der Waals surface area contributed by atoms with E-state index in [0.717, 1.165) is 34.4 Å². The van der Waals surface area contributed by atoms with Crippen LogP contribution in [0.4, 0.5) is 4.39 Å². The average molecular weight is 325 g/mol. The number of benzene rings is 1. The maximum absolute atomic E-state index is 13.0. The molecule has 19 heavy (non-hydrogen) atoms. The van der Waals surface area contributed by atoms with Gasteiger partial charge < -0.3 is 0 Å². The van der Waals surface area contributed by atoms with Crippen LogP contribution in [-0.4, -0.2) is 9.78 Å². The molecule has 0 aliphatic carbocycles. The van der Waals surface area contributed by atoms with Crippen molar-refractivity contribution in [3.63, 3.8) is 0 Å². The van der Waals surface area contributed by atoms with E-state index in [4.69, 9.17) is 0 Å². The first-order valence-corrected chi connectivity index (χ1v) is 7.31. The Morgan fingerprint density at radius 2 is 1.95 bits per heavy atom. The Hall–Kier alpha value is -1.16. The Morgan fingerprint density at radius 3 is 2.53 bits per heavy atom. The van der Waals surface area contributed by atoms with Crippen molar-refractivity contribution in [1.82, 2.24) is 9.78 Å². The first-order valence-electron chi connectivity index (χ1n) is 6.51. The van der Waals surface area contributed by atoms with Crippen molar-refractivity contribution in [3.05, 3.63) is 40.2 Å². The van der Waals surface area contributed by atoms with Crippen LogP contribution in [0.3, 0.4) is 0 Å². The van der Waals surface area contributed by atoms with E-state index in [9.17, 15) is 4.39 Å². The summed E-state index contributed by atoms with van der Waals surface area (Å²) >= 11 is 3.59. The fraction of sp³-hybridized carbons (Fsp3) is 0.400. The van der Waals surface area contributed by atoms with Gasteiger partial charge in [-0.05, 0) is 53.0 Å². The molecule has 0 fully saturated rings. The third-order valence-corrected chi connectivity index (χ3v) is 4.30. The summed E-state index contributed by atoms with van der Waals surface area (Å²) in [5.74, 6) is 0.343. The molecule has 0 amide bonds. The monoisotopic (exact) mass is 324 g/mol. The van der Waals surface area contributed by atoms with Crippen LogP contribution in [0.1, 0.15) is 26.0 Å². The van der Waals surface area contributed by atoms with E-state index < -0.39 is 0 Å². The van der Waals surface area contributed by atoms with Crippen molar-refractivity contribution in [2.24, 2.45) is 5.92 Å². The molecule has 0 radical (unpaired) electrons. The zero-order valence-corrected chi connectivity index (χ0v) is 13.0. The van der Waals surface area contributed by atoms with Crippen LogP contribution in [0, 0.1) is 18.7 Å². The van der Waals surface area contributed by atoms with Crippen LogP contribution in [0.15, 0.2) is 28.7 Å². The SMILES string of the molecule is CCC(C)Cn1nc(C)c(Br)c1-c1ccc(F)cc1. The Bertz CT molecular complexity index is 560. The van der Waals surface area contributed by atoms with Gasteiger partial charge in [0.25, 0.3) is 0 Å². The van der Waals surface area contributed by atoms with E-state index in [0.29, 0.717) is 5.92 Å². The zero-order chi connectivity index (χ0) is 14.0. The Morgan fingerprint density at radius 1 is 1.32 bits per heavy atom. The van der Waals surface area contributed by atoms with E-state index in [-0.39, 0.29) is 5.82 Å². The fourth-order valence-electron chi connectivity index (χ4n) is 2.00. The second kappa shape index (κ2) is 5.87. The van der Waals surface area contributed by atoms with E-state index in [1.807, 2.05) is 11.6 Å². The van der Waals surface area contributed by atoms with E-state index in [1.165, 1.54) is 12.1 Å². The largest absolute Gasteiger partial charge is 0.263 e. The highest BCUT2D eigenvalue weighted by Gasteiger charge is 2.16. The van der Waals surface area contributed by atoms with Crippen LogP contribution < -0.4 is 0 Å². The van der Waals surface area contributed by atoms with Crippen LogP contribution in [0.5, 0.6) is 0 Å². The molecule has 0 aliphatic rings. The van der Waals surface area contributed by atoms with Crippen molar-refractivity contribution in [2.45, 2.75) is 33.7 Å². The maximum atomic E-state index is 13.0. The molecule has 2 rings (SSSR count). The molecular weight excluding hydrogens is 307 g/mol. The molecule has 0 saturated carbocycles. The minimum Gasteiger partial charge on any atom is -0.263 e. The van der Waals surface area contributed by atoms with Crippen molar-refractivity contribution in [2.75, 3.05) is 0 Å². The van der Waals surface area contributed by atoms with Crippen LogP contribution in [-0.2, 0) is 6.54 Å². The highest BCUT2D eigenvalue weighted by molar-refractivity contribution is 9.10. The average Bonchev–Trinajstić information content (AvgIpc) is 2.66. The van der Waals surface area contributed by atoms with Gasteiger partial charge in [-0.1, -0.05) is 20.3 Å². The van der Waals surface area contributed by atoms with Crippen LogP contribution in [0.2, 0.25) is 0 Å².